The van der Waals surface area contributed by atoms with Crippen LogP contribution in [-0.2, 0) is 28.1 Å². The number of hydrogen-bond acceptors (Lipinski definition) is 7. The van der Waals surface area contributed by atoms with E-state index in [9.17, 15) is 14.7 Å². The Balaban J connectivity index is 1.36. The number of hydrogen-bond donors (Lipinski definition) is 3. The van der Waals surface area contributed by atoms with Crippen molar-refractivity contribution < 1.29 is 24.2 Å². The molecule has 1 saturated heterocycles. The molecule has 3 N–H and O–H groups in total. The molecule has 4 aromatic rings. The normalized spacial score (nSPS) is 22.3. The van der Waals surface area contributed by atoms with Crippen LogP contribution in [0, 0.1) is 5.92 Å². The Morgan fingerprint density at radius 3 is 2.60 bits per heavy atom. The Morgan fingerprint density at radius 2 is 1.89 bits per heavy atom. The highest BCUT2D eigenvalue weighted by Crippen LogP contribution is 2.58. The molecule has 3 aromatic carbocycles. The van der Waals surface area contributed by atoms with Crippen LogP contribution in [0.5, 0.6) is 5.75 Å². The van der Waals surface area contributed by atoms with Gasteiger partial charge < -0.3 is 25.2 Å². The van der Waals surface area contributed by atoms with E-state index in [1.807, 2.05) is 48.7 Å². The maximum atomic E-state index is 14.0. The SMILES string of the molecule is COc1ccc([Si](C)(C)[C@H]2[C@H](CCn3cc(CCO)nn3)O[C@@]3(C(=O)Nc4ccc(NC(=O)c5ccccc5)cc43)[C@@H]2C)cc1. The van der Waals surface area contributed by atoms with Crippen molar-refractivity contribution in [2.45, 2.75) is 56.7 Å². The first-order chi connectivity index (χ1) is 21.7. The van der Waals surface area contributed by atoms with E-state index in [1.165, 1.54) is 5.19 Å². The number of anilines is 2. The predicted molar refractivity (Wildman–Crippen MR) is 174 cm³/mol. The third-order valence-electron chi connectivity index (χ3n) is 9.48. The number of ether oxygens (including phenoxy) is 2. The number of carbonyl (C=O) groups is 2. The number of carbonyl (C=O) groups excluding carboxylic acids is 2. The number of benzene rings is 3. The molecule has 10 nitrogen and oxygen atoms in total. The summed E-state index contributed by atoms with van der Waals surface area (Å²) in [4.78, 5) is 27.0. The molecule has 2 aliphatic heterocycles. The second-order valence-corrected chi connectivity index (χ2v) is 17.1. The zero-order chi connectivity index (χ0) is 31.8. The molecule has 1 spiro atoms. The number of nitrogens with zero attached hydrogens (tertiary/aromatic N) is 3. The molecule has 1 aromatic heterocycles. The largest absolute Gasteiger partial charge is 0.497 e. The predicted octanol–water partition coefficient (Wildman–Crippen LogP) is 4.33. The summed E-state index contributed by atoms with van der Waals surface area (Å²) in [5, 5.41) is 25.1. The highest BCUT2D eigenvalue weighted by Gasteiger charge is 2.64. The maximum absolute atomic E-state index is 14.0. The third kappa shape index (κ3) is 5.56. The van der Waals surface area contributed by atoms with Gasteiger partial charge in [-0.2, -0.15) is 0 Å². The number of aliphatic hydroxyl groups excluding tert-OH is 1. The first-order valence-electron chi connectivity index (χ1n) is 15.3. The van der Waals surface area contributed by atoms with Crippen LogP contribution in [0.3, 0.4) is 0 Å². The second-order valence-electron chi connectivity index (χ2n) is 12.4. The number of rotatable bonds is 10. The van der Waals surface area contributed by atoms with Crippen molar-refractivity contribution in [3.63, 3.8) is 0 Å². The highest BCUT2D eigenvalue weighted by molar-refractivity contribution is 6.91. The Bertz CT molecular complexity index is 1690. The minimum atomic E-state index is -2.29. The first-order valence-corrected chi connectivity index (χ1v) is 18.4. The minimum absolute atomic E-state index is 0.0104. The van der Waals surface area contributed by atoms with Crippen LogP contribution < -0.4 is 20.6 Å². The molecule has 6 rings (SSSR count). The molecule has 0 saturated carbocycles. The number of aryl methyl sites for hydroxylation is 1. The van der Waals surface area contributed by atoms with E-state index in [0.717, 1.165) is 17.0 Å². The second kappa shape index (κ2) is 12.2. The smallest absolute Gasteiger partial charge is 0.261 e. The molecule has 45 heavy (non-hydrogen) atoms. The average Bonchev–Trinajstić information content (AvgIpc) is 3.71. The van der Waals surface area contributed by atoms with Gasteiger partial charge in [0.05, 0.1) is 27.0 Å². The lowest BCUT2D eigenvalue weighted by Gasteiger charge is -2.37. The van der Waals surface area contributed by atoms with Gasteiger partial charge in [0, 0.05) is 54.2 Å². The fraction of sp³-hybridized carbons (Fsp3) is 0.353. The fourth-order valence-corrected chi connectivity index (χ4v) is 11.3. The van der Waals surface area contributed by atoms with Gasteiger partial charge in [0.25, 0.3) is 11.8 Å². The van der Waals surface area contributed by atoms with Crippen molar-refractivity contribution in [2.75, 3.05) is 24.4 Å². The Hall–Kier alpha value is -4.32. The average molecular weight is 626 g/mol. The zero-order valence-electron chi connectivity index (χ0n) is 26.0. The molecule has 0 aliphatic carbocycles. The molecule has 4 atom stereocenters. The summed E-state index contributed by atoms with van der Waals surface area (Å²) >= 11 is 0. The van der Waals surface area contributed by atoms with E-state index in [1.54, 1.807) is 30.0 Å². The van der Waals surface area contributed by atoms with E-state index in [2.05, 4.69) is 53.1 Å². The van der Waals surface area contributed by atoms with E-state index in [4.69, 9.17) is 9.47 Å². The Morgan fingerprint density at radius 1 is 1.13 bits per heavy atom. The van der Waals surface area contributed by atoms with Crippen LogP contribution in [-0.4, -0.2) is 59.8 Å². The summed E-state index contributed by atoms with van der Waals surface area (Å²) < 4.78 is 14.2. The van der Waals surface area contributed by atoms with Crippen molar-refractivity contribution in [3.8, 4) is 5.75 Å². The number of methoxy groups -OCH3 is 1. The Labute approximate surface area is 263 Å². The molecule has 3 heterocycles. The van der Waals surface area contributed by atoms with Gasteiger partial charge in [-0.05, 0) is 54.4 Å². The summed E-state index contributed by atoms with van der Waals surface area (Å²) in [6.07, 6.45) is 2.66. The van der Waals surface area contributed by atoms with Gasteiger partial charge in [-0.1, -0.05) is 60.7 Å². The van der Waals surface area contributed by atoms with E-state index in [0.29, 0.717) is 36.3 Å². The summed E-state index contributed by atoms with van der Waals surface area (Å²) in [5.41, 5.74) is 2.15. The van der Waals surface area contributed by atoms with Crippen molar-refractivity contribution in [2.24, 2.45) is 5.92 Å². The van der Waals surface area contributed by atoms with Gasteiger partial charge in [0.15, 0.2) is 5.60 Å². The van der Waals surface area contributed by atoms with Gasteiger partial charge in [0.2, 0.25) is 0 Å². The summed E-state index contributed by atoms with van der Waals surface area (Å²) in [5.74, 6) is 0.216. The fourth-order valence-electron chi connectivity index (χ4n) is 7.21. The summed E-state index contributed by atoms with van der Waals surface area (Å²) in [6.45, 7) is 7.37. The minimum Gasteiger partial charge on any atom is -0.497 e. The van der Waals surface area contributed by atoms with Crippen LogP contribution >= 0.6 is 0 Å². The van der Waals surface area contributed by atoms with Crippen LogP contribution in [0.15, 0.2) is 79.0 Å². The molecule has 0 bridgehead atoms. The number of aromatic nitrogens is 3. The van der Waals surface area contributed by atoms with Gasteiger partial charge >= 0.3 is 0 Å². The van der Waals surface area contributed by atoms with Gasteiger partial charge in [-0.3, -0.25) is 14.3 Å². The standard InChI is InChI=1S/C34H39N5O5Si/c1-22-31(45(3,4)27-13-11-26(43-2)12-14-27)30(16-18-39-21-25(17-19-40)37-38-39)44-34(22)28-20-24(10-15-29(28)36-33(34)42)35-32(41)23-8-6-5-7-9-23/h5-15,20-22,30-31,40H,16-19H2,1-4H3,(H,35,41)(H,36,42)/t22-,30+,31-,34+/m1/s1. The van der Waals surface area contributed by atoms with Crippen molar-refractivity contribution >= 4 is 36.4 Å². The molecule has 2 amide bonds. The van der Waals surface area contributed by atoms with Crippen LogP contribution in [0.4, 0.5) is 11.4 Å². The van der Waals surface area contributed by atoms with Crippen molar-refractivity contribution in [1.29, 1.82) is 0 Å². The van der Waals surface area contributed by atoms with E-state index >= 15 is 0 Å². The highest BCUT2D eigenvalue weighted by atomic mass is 28.3. The molecule has 234 valence electrons. The van der Waals surface area contributed by atoms with Crippen LogP contribution in [0.25, 0.3) is 0 Å². The van der Waals surface area contributed by atoms with Gasteiger partial charge in [0.1, 0.15) is 5.75 Å². The monoisotopic (exact) mass is 625 g/mol. The number of aliphatic hydroxyl groups is 1. The van der Waals surface area contributed by atoms with Gasteiger partial charge in [-0.15, -0.1) is 5.10 Å². The van der Waals surface area contributed by atoms with Crippen LogP contribution in [0.1, 0.15) is 35.0 Å². The van der Waals surface area contributed by atoms with Crippen LogP contribution in [0.2, 0.25) is 18.6 Å². The van der Waals surface area contributed by atoms with Crippen molar-refractivity contribution in [3.05, 3.63) is 95.8 Å². The number of fused-ring (bicyclic) bond motifs is 2. The lowest BCUT2D eigenvalue weighted by atomic mass is 9.82. The topological polar surface area (TPSA) is 128 Å². The zero-order valence-corrected chi connectivity index (χ0v) is 27.0. The lowest BCUT2D eigenvalue weighted by Crippen LogP contribution is -2.51. The first kappa shape index (κ1) is 30.7. The molecule has 0 unspecified atom stereocenters. The molecular weight excluding hydrogens is 586 g/mol. The van der Waals surface area contributed by atoms with Crippen molar-refractivity contribution in [1.82, 2.24) is 15.0 Å². The summed E-state index contributed by atoms with van der Waals surface area (Å²) in [6, 6.07) is 22.8. The third-order valence-corrected chi connectivity index (χ3v) is 13.8. The molecular formula is C34H39N5O5Si. The maximum Gasteiger partial charge on any atom is 0.261 e. The quantitative estimate of drug-likeness (QED) is 0.224. The number of nitrogens with one attached hydrogen (secondary N) is 2. The molecule has 1 fully saturated rings. The molecule has 2 aliphatic rings. The summed E-state index contributed by atoms with van der Waals surface area (Å²) in [7, 11) is -0.631. The molecule has 0 radical (unpaired) electrons. The van der Waals surface area contributed by atoms with Gasteiger partial charge in [-0.25, -0.2) is 0 Å². The van der Waals surface area contributed by atoms with E-state index < -0.39 is 13.7 Å². The Kier molecular flexibility index (Phi) is 8.34. The lowest BCUT2D eigenvalue weighted by molar-refractivity contribution is -0.143. The van der Waals surface area contributed by atoms with E-state index in [-0.39, 0.29) is 36.0 Å². The number of amides is 2. The molecule has 11 heteroatoms.